The van der Waals surface area contributed by atoms with Crippen LogP contribution in [0.3, 0.4) is 0 Å². The minimum atomic E-state index is 0.238. The zero-order chi connectivity index (χ0) is 26.7. The highest BCUT2D eigenvalue weighted by molar-refractivity contribution is 9.10. The van der Waals surface area contributed by atoms with Crippen molar-refractivity contribution in [3.05, 3.63) is 139 Å². The van der Waals surface area contributed by atoms with E-state index in [1.165, 1.54) is 0 Å². The SMILES string of the molecule is O=CC(=C\c1ccccc1OCc1ccc(Br)cc1)/C(C=O)=C/c1ccccc1OCc1ccc(Br)cc1. The highest BCUT2D eigenvalue weighted by atomic mass is 79.9. The van der Waals surface area contributed by atoms with Crippen molar-refractivity contribution in [2.75, 3.05) is 0 Å². The maximum atomic E-state index is 12.1. The second-order valence-electron chi connectivity index (χ2n) is 8.34. The third-order valence-electron chi connectivity index (χ3n) is 5.66. The van der Waals surface area contributed by atoms with Crippen LogP contribution in [-0.2, 0) is 22.8 Å². The summed E-state index contributed by atoms with van der Waals surface area (Å²) in [6.07, 6.45) is 4.68. The third kappa shape index (κ3) is 7.63. The fraction of sp³-hybridized carbons (Fsp3) is 0.0625. The molecule has 0 saturated heterocycles. The first-order valence-corrected chi connectivity index (χ1v) is 13.4. The maximum Gasteiger partial charge on any atom is 0.150 e. The molecule has 0 fully saturated rings. The Balaban J connectivity index is 1.57. The van der Waals surface area contributed by atoms with E-state index in [1.54, 1.807) is 12.2 Å². The first-order valence-electron chi connectivity index (χ1n) is 11.8. The highest BCUT2D eigenvalue weighted by Crippen LogP contribution is 2.27. The number of rotatable bonds is 11. The molecular weight excluding hydrogens is 608 g/mol. The molecule has 4 rings (SSSR count). The lowest BCUT2D eigenvalue weighted by Gasteiger charge is -2.11. The molecule has 0 aromatic heterocycles. The molecule has 0 aliphatic rings. The van der Waals surface area contributed by atoms with Gasteiger partial charge in [-0.25, -0.2) is 0 Å². The Hall–Kier alpha value is -3.74. The number of allylic oxidation sites excluding steroid dienone is 2. The predicted octanol–water partition coefficient (Wildman–Crippen LogP) is 8.23. The predicted molar refractivity (Wildman–Crippen MR) is 158 cm³/mol. The van der Waals surface area contributed by atoms with Crippen molar-refractivity contribution in [1.82, 2.24) is 0 Å². The lowest BCUT2D eigenvalue weighted by Crippen LogP contribution is -1.99. The fourth-order valence-corrected chi connectivity index (χ4v) is 4.18. The molecule has 0 N–H and O–H groups in total. The Kier molecular flexibility index (Phi) is 9.84. The summed E-state index contributed by atoms with van der Waals surface area (Å²) >= 11 is 6.87. The van der Waals surface area contributed by atoms with E-state index in [2.05, 4.69) is 31.9 Å². The van der Waals surface area contributed by atoms with Crippen LogP contribution in [0.15, 0.2) is 117 Å². The van der Waals surface area contributed by atoms with Gasteiger partial charge in [0.2, 0.25) is 0 Å². The maximum absolute atomic E-state index is 12.1. The molecule has 4 aromatic rings. The molecule has 4 nitrogen and oxygen atoms in total. The Morgan fingerprint density at radius 2 is 0.921 bits per heavy atom. The smallest absolute Gasteiger partial charge is 0.150 e. The fourth-order valence-electron chi connectivity index (χ4n) is 3.65. The summed E-state index contributed by atoms with van der Waals surface area (Å²) in [5.41, 5.74) is 3.88. The van der Waals surface area contributed by atoms with Crippen LogP contribution in [0.2, 0.25) is 0 Å². The second kappa shape index (κ2) is 13.7. The number of aldehydes is 2. The molecule has 0 heterocycles. The van der Waals surface area contributed by atoms with Crippen molar-refractivity contribution in [3.63, 3.8) is 0 Å². The van der Waals surface area contributed by atoms with Crippen molar-refractivity contribution < 1.29 is 19.1 Å². The van der Waals surface area contributed by atoms with Gasteiger partial charge in [0.1, 0.15) is 24.7 Å². The molecule has 4 aromatic carbocycles. The number of carbonyl (C=O) groups is 2. The number of hydrogen-bond donors (Lipinski definition) is 0. The van der Waals surface area contributed by atoms with E-state index in [0.29, 0.717) is 48.4 Å². The minimum absolute atomic E-state index is 0.238. The van der Waals surface area contributed by atoms with Crippen LogP contribution in [0.4, 0.5) is 0 Å². The summed E-state index contributed by atoms with van der Waals surface area (Å²) in [5.74, 6) is 1.22. The molecule has 0 amide bonds. The Morgan fingerprint density at radius 3 is 1.29 bits per heavy atom. The van der Waals surface area contributed by atoms with E-state index < -0.39 is 0 Å². The molecule has 38 heavy (non-hydrogen) atoms. The van der Waals surface area contributed by atoms with Gasteiger partial charge in [-0.15, -0.1) is 0 Å². The van der Waals surface area contributed by atoms with Gasteiger partial charge >= 0.3 is 0 Å². The van der Waals surface area contributed by atoms with E-state index >= 15 is 0 Å². The van der Waals surface area contributed by atoms with Crippen LogP contribution >= 0.6 is 31.9 Å². The van der Waals surface area contributed by atoms with E-state index in [4.69, 9.17) is 9.47 Å². The zero-order valence-electron chi connectivity index (χ0n) is 20.4. The van der Waals surface area contributed by atoms with Crippen LogP contribution in [0.25, 0.3) is 12.2 Å². The van der Waals surface area contributed by atoms with Gasteiger partial charge < -0.3 is 9.47 Å². The molecule has 0 spiro atoms. The Bertz CT molecular complexity index is 1340. The lowest BCUT2D eigenvalue weighted by atomic mass is 10.0. The summed E-state index contributed by atoms with van der Waals surface area (Å²) in [6.45, 7) is 0.738. The Morgan fingerprint density at radius 1 is 0.553 bits per heavy atom. The number of carbonyl (C=O) groups excluding carboxylic acids is 2. The van der Waals surface area contributed by atoms with Crippen LogP contribution in [-0.4, -0.2) is 12.6 Å². The van der Waals surface area contributed by atoms with E-state index in [1.807, 2.05) is 97.1 Å². The molecule has 0 atom stereocenters. The van der Waals surface area contributed by atoms with Crippen molar-refractivity contribution in [3.8, 4) is 11.5 Å². The van der Waals surface area contributed by atoms with Crippen LogP contribution < -0.4 is 9.47 Å². The van der Waals surface area contributed by atoms with Gasteiger partial charge in [0.25, 0.3) is 0 Å². The van der Waals surface area contributed by atoms with Gasteiger partial charge in [-0.1, -0.05) is 92.5 Å². The number of benzene rings is 4. The van der Waals surface area contributed by atoms with Crippen LogP contribution in [0.5, 0.6) is 11.5 Å². The summed E-state index contributed by atoms with van der Waals surface area (Å²) in [5, 5.41) is 0. The van der Waals surface area contributed by atoms with E-state index in [-0.39, 0.29) is 11.1 Å². The number of para-hydroxylation sites is 2. The third-order valence-corrected chi connectivity index (χ3v) is 6.72. The van der Waals surface area contributed by atoms with Gasteiger partial charge in [0.05, 0.1) is 0 Å². The topological polar surface area (TPSA) is 52.6 Å². The largest absolute Gasteiger partial charge is 0.488 e. The highest BCUT2D eigenvalue weighted by Gasteiger charge is 2.10. The Labute approximate surface area is 238 Å². The van der Waals surface area contributed by atoms with Crippen molar-refractivity contribution >= 4 is 56.6 Å². The summed E-state index contributed by atoms with van der Waals surface area (Å²) < 4.78 is 14.1. The molecular formula is C32H24Br2O4. The van der Waals surface area contributed by atoms with Crippen LogP contribution in [0, 0.1) is 0 Å². The summed E-state index contributed by atoms with van der Waals surface area (Å²) in [4.78, 5) is 24.2. The summed E-state index contributed by atoms with van der Waals surface area (Å²) in [6, 6.07) is 30.5. The van der Waals surface area contributed by atoms with E-state index in [0.717, 1.165) is 20.1 Å². The number of hydrogen-bond acceptors (Lipinski definition) is 4. The lowest BCUT2D eigenvalue weighted by molar-refractivity contribution is -0.107. The first kappa shape index (κ1) is 27.3. The van der Waals surface area contributed by atoms with Gasteiger partial charge in [-0.3, -0.25) is 9.59 Å². The quantitative estimate of drug-likeness (QED) is 0.0950. The molecule has 0 radical (unpaired) electrons. The molecule has 0 saturated carbocycles. The molecule has 0 aliphatic carbocycles. The minimum Gasteiger partial charge on any atom is -0.488 e. The van der Waals surface area contributed by atoms with Gasteiger partial charge in [0.15, 0.2) is 12.6 Å². The molecule has 190 valence electrons. The standard InChI is InChI=1S/C32H24Br2O4/c33-29-13-9-23(10-14-29)21-37-31-7-3-1-5-25(31)17-27(19-35)28(20-36)18-26-6-2-4-8-32(26)38-22-24-11-15-30(34)16-12-24/h1-20H,21-22H2/b27-17+,28-18+. The zero-order valence-corrected chi connectivity index (χ0v) is 23.5. The molecule has 6 heteroatoms. The molecule has 0 unspecified atom stereocenters. The average molecular weight is 632 g/mol. The van der Waals surface area contributed by atoms with Gasteiger partial charge in [-0.2, -0.15) is 0 Å². The van der Waals surface area contributed by atoms with Gasteiger partial charge in [0, 0.05) is 31.2 Å². The summed E-state index contributed by atoms with van der Waals surface area (Å²) in [7, 11) is 0. The van der Waals surface area contributed by atoms with Crippen molar-refractivity contribution in [1.29, 1.82) is 0 Å². The molecule has 0 aliphatic heterocycles. The number of halogens is 2. The van der Waals surface area contributed by atoms with Crippen LogP contribution in [0.1, 0.15) is 22.3 Å². The normalized spacial score (nSPS) is 11.6. The second-order valence-corrected chi connectivity index (χ2v) is 10.2. The monoisotopic (exact) mass is 630 g/mol. The number of ether oxygens (including phenoxy) is 2. The van der Waals surface area contributed by atoms with Crippen molar-refractivity contribution in [2.24, 2.45) is 0 Å². The van der Waals surface area contributed by atoms with Gasteiger partial charge in [-0.05, 0) is 59.7 Å². The van der Waals surface area contributed by atoms with Crippen molar-refractivity contribution in [2.45, 2.75) is 13.2 Å². The average Bonchev–Trinajstić information content (AvgIpc) is 2.95. The molecule has 0 bridgehead atoms. The van der Waals surface area contributed by atoms with E-state index in [9.17, 15) is 9.59 Å². The first-order chi connectivity index (χ1) is 18.6.